The Bertz CT molecular complexity index is 604. The third-order valence-electron chi connectivity index (χ3n) is 2.05. The van der Waals surface area contributed by atoms with Crippen molar-refractivity contribution in [1.29, 1.82) is 0 Å². The molecule has 1 aromatic carbocycles. The van der Waals surface area contributed by atoms with Gasteiger partial charge in [-0.05, 0) is 12.1 Å². The Kier molecular flexibility index (Phi) is 1.46. The fourth-order valence-corrected chi connectivity index (χ4v) is 1.64. The van der Waals surface area contributed by atoms with E-state index >= 15 is 0 Å². The van der Waals surface area contributed by atoms with Crippen LogP contribution in [0.5, 0.6) is 0 Å². The molecule has 0 amide bonds. The highest BCUT2D eigenvalue weighted by Gasteiger charge is 2.03. The molecular weight excluding hydrogens is 194 g/mol. The summed E-state index contributed by atoms with van der Waals surface area (Å²) < 4.78 is 0. The number of thiocarbonyl (C=S) groups is 1. The molecule has 3 nitrogen and oxygen atoms in total. The summed E-state index contributed by atoms with van der Waals surface area (Å²) in [5.41, 5.74) is 2.37. The lowest BCUT2D eigenvalue weighted by Gasteiger charge is -1.92. The number of benzene rings is 1. The zero-order valence-corrected chi connectivity index (χ0v) is 7.95. The number of hydrogen-bond donors (Lipinski definition) is 0. The van der Waals surface area contributed by atoms with Gasteiger partial charge in [0.15, 0.2) is 5.49 Å². The maximum atomic E-state index is 4.96. The van der Waals surface area contributed by atoms with Crippen molar-refractivity contribution in [2.75, 3.05) is 0 Å². The van der Waals surface area contributed by atoms with Gasteiger partial charge in [0.05, 0.1) is 11.0 Å². The van der Waals surface area contributed by atoms with Crippen LogP contribution in [-0.2, 0) is 0 Å². The van der Waals surface area contributed by atoms with Crippen molar-refractivity contribution in [2.45, 2.75) is 0 Å². The first-order valence-electron chi connectivity index (χ1n) is 4.20. The van der Waals surface area contributed by atoms with E-state index in [0.717, 1.165) is 16.4 Å². The molecule has 66 valence electrons. The monoisotopic (exact) mass is 199 g/mol. The van der Waals surface area contributed by atoms with E-state index in [1.807, 2.05) is 24.3 Å². The first-order chi connectivity index (χ1) is 6.83. The molecule has 0 radical (unpaired) electrons. The summed E-state index contributed by atoms with van der Waals surface area (Å²) in [5.74, 6) is 0. The van der Waals surface area contributed by atoms with E-state index in [1.54, 1.807) is 6.08 Å². The van der Waals surface area contributed by atoms with Gasteiger partial charge >= 0.3 is 0 Å². The Balaban J connectivity index is 2.56. The van der Waals surface area contributed by atoms with Gasteiger partial charge in [-0.25, -0.2) is 15.0 Å². The molecule has 0 saturated heterocycles. The summed E-state index contributed by atoms with van der Waals surface area (Å²) >= 11 is 4.96. The minimum Gasteiger partial charge on any atom is -0.243 e. The minimum absolute atomic E-state index is 0.551. The Morgan fingerprint density at radius 3 is 2.50 bits per heavy atom. The minimum atomic E-state index is 0.551. The highest BCUT2D eigenvalue weighted by molar-refractivity contribution is 7.81. The highest BCUT2D eigenvalue weighted by Crippen LogP contribution is 2.03. The fourth-order valence-electron chi connectivity index (χ4n) is 1.44. The normalized spacial score (nSPS) is 13.6. The maximum absolute atomic E-state index is 4.96. The Labute approximate surface area is 84.8 Å². The van der Waals surface area contributed by atoms with Crippen molar-refractivity contribution < 1.29 is 0 Å². The molecule has 2 heterocycles. The zero-order valence-electron chi connectivity index (χ0n) is 7.14. The molecule has 1 aliphatic heterocycles. The molecule has 0 N–H and O–H groups in total. The lowest BCUT2D eigenvalue weighted by Crippen LogP contribution is -2.28. The van der Waals surface area contributed by atoms with Crippen LogP contribution in [0, 0.1) is 0 Å². The SMILES string of the molecule is S=C1C=c2nc3ccccc3nc2=N1. The van der Waals surface area contributed by atoms with Crippen LogP contribution in [0.15, 0.2) is 29.3 Å². The van der Waals surface area contributed by atoms with E-state index in [2.05, 4.69) is 15.0 Å². The van der Waals surface area contributed by atoms with E-state index < -0.39 is 0 Å². The molecule has 1 aromatic heterocycles. The lowest BCUT2D eigenvalue weighted by molar-refractivity contribution is 1.13. The number of rotatable bonds is 0. The van der Waals surface area contributed by atoms with Crippen LogP contribution in [0.2, 0.25) is 0 Å². The molecular formula is C10H5N3S. The number of nitrogens with zero attached hydrogens (tertiary/aromatic N) is 3. The van der Waals surface area contributed by atoms with Crippen molar-refractivity contribution in [3.8, 4) is 0 Å². The largest absolute Gasteiger partial charge is 0.243 e. The van der Waals surface area contributed by atoms with Crippen molar-refractivity contribution in [3.05, 3.63) is 35.1 Å². The summed E-state index contributed by atoms with van der Waals surface area (Å²) in [6.07, 6.45) is 1.77. The summed E-state index contributed by atoms with van der Waals surface area (Å²) in [5, 5.41) is 0.772. The zero-order chi connectivity index (χ0) is 9.54. The average Bonchev–Trinajstić information content (AvgIpc) is 2.53. The lowest BCUT2D eigenvalue weighted by atomic mass is 10.3. The second-order valence-corrected chi connectivity index (χ2v) is 3.43. The molecule has 0 saturated carbocycles. The van der Waals surface area contributed by atoms with Gasteiger partial charge in [-0.1, -0.05) is 24.4 Å². The topological polar surface area (TPSA) is 38.1 Å². The highest BCUT2D eigenvalue weighted by atomic mass is 32.1. The van der Waals surface area contributed by atoms with Gasteiger partial charge in [0.2, 0.25) is 0 Å². The summed E-state index contributed by atoms with van der Waals surface area (Å²) in [7, 11) is 0. The average molecular weight is 199 g/mol. The second-order valence-electron chi connectivity index (χ2n) is 3.02. The third kappa shape index (κ3) is 1.04. The number of fused-ring (bicyclic) bond motifs is 2. The van der Waals surface area contributed by atoms with Crippen molar-refractivity contribution >= 4 is 34.3 Å². The molecule has 1 aliphatic rings. The van der Waals surface area contributed by atoms with Gasteiger partial charge < -0.3 is 0 Å². The van der Waals surface area contributed by atoms with Crippen LogP contribution in [0.25, 0.3) is 17.1 Å². The first kappa shape index (κ1) is 7.70. The van der Waals surface area contributed by atoms with Crippen LogP contribution in [-0.4, -0.2) is 15.0 Å². The molecule has 0 fully saturated rings. The van der Waals surface area contributed by atoms with Crippen molar-refractivity contribution in [1.82, 2.24) is 9.97 Å². The van der Waals surface area contributed by atoms with Crippen LogP contribution < -0.4 is 10.8 Å². The van der Waals surface area contributed by atoms with Crippen molar-refractivity contribution in [2.24, 2.45) is 4.99 Å². The van der Waals surface area contributed by atoms with Crippen LogP contribution >= 0.6 is 12.2 Å². The summed E-state index contributed by atoms with van der Waals surface area (Å²) in [4.78, 5) is 13.4. The van der Waals surface area contributed by atoms with Crippen LogP contribution in [0.3, 0.4) is 0 Å². The molecule has 3 rings (SSSR count). The van der Waals surface area contributed by atoms with Gasteiger partial charge in [0, 0.05) is 6.08 Å². The molecule has 0 unspecified atom stereocenters. The van der Waals surface area contributed by atoms with E-state index in [9.17, 15) is 0 Å². The Hall–Kier alpha value is -1.68. The van der Waals surface area contributed by atoms with Crippen molar-refractivity contribution in [3.63, 3.8) is 0 Å². The molecule has 0 spiro atoms. The number of para-hydroxylation sites is 2. The molecule has 0 aliphatic carbocycles. The summed E-state index contributed by atoms with van der Waals surface area (Å²) in [6.45, 7) is 0. The van der Waals surface area contributed by atoms with Gasteiger partial charge in [-0.15, -0.1) is 0 Å². The second kappa shape index (κ2) is 2.65. The predicted molar refractivity (Wildman–Crippen MR) is 57.4 cm³/mol. The van der Waals surface area contributed by atoms with Crippen LogP contribution in [0.1, 0.15) is 0 Å². The van der Waals surface area contributed by atoms with E-state index in [4.69, 9.17) is 12.2 Å². The molecule has 0 atom stereocenters. The van der Waals surface area contributed by atoms with Gasteiger partial charge in [-0.2, -0.15) is 0 Å². The van der Waals surface area contributed by atoms with E-state index in [0.29, 0.717) is 10.5 Å². The predicted octanol–water partition coefficient (Wildman–Crippen LogP) is 0.371. The molecule has 2 aromatic rings. The maximum Gasteiger partial charge on any atom is 0.180 e. The van der Waals surface area contributed by atoms with E-state index in [-0.39, 0.29) is 0 Å². The Morgan fingerprint density at radius 1 is 1.00 bits per heavy atom. The third-order valence-corrected chi connectivity index (χ3v) is 2.26. The summed E-state index contributed by atoms with van der Waals surface area (Å²) in [6, 6.07) is 7.71. The first-order valence-corrected chi connectivity index (χ1v) is 4.61. The standard InChI is InChI=1S/C10H5N3S/c14-9-5-8-10(13-9)12-7-4-2-1-3-6(7)11-8/h1-5H. The molecule has 0 bridgehead atoms. The van der Waals surface area contributed by atoms with Gasteiger partial charge in [0.1, 0.15) is 10.3 Å². The molecule has 14 heavy (non-hydrogen) atoms. The number of aromatic nitrogens is 2. The van der Waals surface area contributed by atoms with Gasteiger partial charge in [0.25, 0.3) is 0 Å². The molecule has 4 heteroatoms. The van der Waals surface area contributed by atoms with E-state index in [1.165, 1.54) is 0 Å². The van der Waals surface area contributed by atoms with Gasteiger partial charge in [-0.3, -0.25) is 0 Å². The Morgan fingerprint density at radius 2 is 1.71 bits per heavy atom. The quantitative estimate of drug-likeness (QED) is 0.575. The fraction of sp³-hybridized carbons (Fsp3) is 0. The van der Waals surface area contributed by atoms with Crippen LogP contribution in [0.4, 0.5) is 0 Å². The number of hydrogen-bond acceptors (Lipinski definition) is 3. The smallest absolute Gasteiger partial charge is 0.180 e.